The number of rotatable bonds is 5. The summed E-state index contributed by atoms with van der Waals surface area (Å²) < 4.78 is 5.15. The minimum Gasteiger partial charge on any atom is -0.390 e. The predicted octanol–water partition coefficient (Wildman–Crippen LogP) is 1.23. The van der Waals surface area contributed by atoms with Crippen molar-refractivity contribution in [3.05, 3.63) is 0 Å². The van der Waals surface area contributed by atoms with Crippen molar-refractivity contribution < 1.29 is 4.42 Å². The summed E-state index contributed by atoms with van der Waals surface area (Å²) in [6, 6.07) is 1.01. The molecule has 0 aliphatic carbocycles. The van der Waals surface area contributed by atoms with Gasteiger partial charge in [0.1, 0.15) is 0 Å². The van der Waals surface area contributed by atoms with Gasteiger partial charge in [0, 0.05) is 18.8 Å². The minimum atomic E-state index is 0.117. The molecule has 2 N–H and O–H groups in total. The summed E-state index contributed by atoms with van der Waals surface area (Å²) in [5.74, 6) is 1.04. The minimum absolute atomic E-state index is 0.117. The fourth-order valence-electron chi connectivity index (χ4n) is 1.22. The Hall–Kier alpha value is -0.910. The molecular weight excluding hydrogens is 200 g/mol. The molecule has 6 heteroatoms. The average Bonchev–Trinajstić information content (AvgIpc) is 2.60. The van der Waals surface area contributed by atoms with Crippen LogP contribution in [0.5, 0.6) is 0 Å². The zero-order chi connectivity index (χ0) is 10.6. The van der Waals surface area contributed by atoms with Gasteiger partial charge < -0.3 is 15.1 Å². The van der Waals surface area contributed by atoms with Crippen LogP contribution in [0.1, 0.15) is 13.3 Å². The van der Waals surface area contributed by atoms with Crippen LogP contribution >= 0.6 is 11.8 Å². The molecule has 0 aliphatic heterocycles. The lowest BCUT2D eigenvalue weighted by Gasteiger charge is -2.24. The quantitative estimate of drug-likeness (QED) is 0.798. The van der Waals surface area contributed by atoms with Gasteiger partial charge in [0.25, 0.3) is 0 Å². The molecule has 0 spiro atoms. The Balaban J connectivity index is 2.66. The van der Waals surface area contributed by atoms with Gasteiger partial charge in [-0.25, -0.2) is 0 Å². The van der Waals surface area contributed by atoms with E-state index < -0.39 is 0 Å². The van der Waals surface area contributed by atoms with Crippen LogP contribution in [0.25, 0.3) is 0 Å². The van der Waals surface area contributed by atoms with Crippen molar-refractivity contribution >= 4 is 23.8 Å². The second-order valence-electron chi connectivity index (χ2n) is 3.05. The maximum atomic E-state index is 5.36. The first-order chi connectivity index (χ1) is 6.69. The molecule has 0 aliphatic rings. The average molecular weight is 216 g/mol. The molecular formula is C8H16N4OS. The molecule has 0 saturated carbocycles. The first kappa shape index (κ1) is 11.2. The topological polar surface area (TPSA) is 68.2 Å². The monoisotopic (exact) mass is 216 g/mol. The third-order valence-electron chi connectivity index (χ3n) is 2.11. The van der Waals surface area contributed by atoms with Crippen molar-refractivity contribution in [3.63, 3.8) is 0 Å². The molecule has 0 aromatic carbocycles. The van der Waals surface area contributed by atoms with E-state index in [-0.39, 0.29) is 6.01 Å². The van der Waals surface area contributed by atoms with Gasteiger partial charge in [0.05, 0.1) is 0 Å². The molecule has 0 bridgehead atoms. The SMILES string of the molecule is CCC(CSC)N(C)c1nnc(N)o1. The highest BCUT2D eigenvalue weighted by molar-refractivity contribution is 7.98. The number of anilines is 2. The Morgan fingerprint density at radius 3 is 2.71 bits per heavy atom. The van der Waals surface area contributed by atoms with E-state index in [0.29, 0.717) is 12.1 Å². The Kier molecular flexibility index (Phi) is 4.06. The molecule has 1 atom stereocenters. The van der Waals surface area contributed by atoms with Crippen molar-refractivity contribution in [2.45, 2.75) is 19.4 Å². The van der Waals surface area contributed by atoms with Gasteiger partial charge in [0.2, 0.25) is 0 Å². The van der Waals surface area contributed by atoms with Crippen LogP contribution in [0, 0.1) is 0 Å². The van der Waals surface area contributed by atoms with Gasteiger partial charge in [-0.05, 0) is 12.7 Å². The largest absolute Gasteiger partial charge is 0.390 e. The molecule has 80 valence electrons. The lowest BCUT2D eigenvalue weighted by atomic mass is 10.2. The second-order valence-corrected chi connectivity index (χ2v) is 3.96. The maximum Gasteiger partial charge on any atom is 0.319 e. The van der Waals surface area contributed by atoms with Gasteiger partial charge >= 0.3 is 12.0 Å². The smallest absolute Gasteiger partial charge is 0.319 e. The summed E-state index contributed by atoms with van der Waals surface area (Å²) in [7, 11) is 1.94. The summed E-state index contributed by atoms with van der Waals surface area (Å²) in [6.45, 7) is 2.14. The van der Waals surface area contributed by atoms with E-state index in [2.05, 4.69) is 23.4 Å². The number of nitrogen functional groups attached to an aromatic ring is 1. The summed E-state index contributed by atoms with van der Waals surface area (Å²) >= 11 is 1.80. The summed E-state index contributed by atoms with van der Waals surface area (Å²) in [5.41, 5.74) is 5.36. The van der Waals surface area contributed by atoms with Crippen LogP contribution in [0.2, 0.25) is 0 Å². The molecule has 1 heterocycles. The molecule has 14 heavy (non-hydrogen) atoms. The molecule has 1 rings (SSSR count). The highest BCUT2D eigenvalue weighted by Gasteiger charge is 2.17. The highest BCUT2D eigenvalue weighted by atomic mass is 32.2. The van der Waals surface area contributed by atoms with Crippen LogP contribution < -0.4 is 10.6 Å². The van der Waals surface area contributed by atoms with Crippen molar-refractivity contribution in [1.82, 2.24) is 10.2 Å². The number of hydrogen-bond donors (Lipinski definition) is 1. The molecule has 1 unspecified atom stereocenters. The Morgan fingerprint density at radius 2 is 2.29 bits per heavy atom. The van der Waals surface area contributed by atoms with Crippen LogP contribution in [-0.4, -0.2) is 35.3 Å². The molecule has 0 amide bonds. The summed E-state index contributed by atoms with van der Waals surface area (Å²) in [6.07, 6.45) is 3.12. The lowest BCUT2D eigenvalue weighted by molar-refractivity contribution is 0.530. The molecule has 5 nitrogen and oxygen atoms in total. The Bertz CT molecular complexity index is 278. The normalized spacial score (nSPS) is 12.8. The first-order valence-electron chi connectivity index (χ1n) is 4.49. The molecule has 1 aromatic heterocycles. The highest BCUT2D eigenvalue weighted by Crippen LogP contribution is 2.17. The van der Waals surface area contributed by atoms with Crippen LogP contribution in [0.15, 0.2) is 4.42 Å². The van der Waals surface area contributed by atoms with Crippen molar-refractivity contribution in [1.29, 1.82) is 0 Å². The molecule has 0 saturated heterocycles. The van der Waals surface area contributed by atoms with E-state index in [1.54, 1.807) is 11.8 Å². The zero-order valence-electron chi connectivity index (χ0n) is 8.73. The molecule has 0 fully saturated rings. The van der Waals surface area contributed by atoms with Crippen LogP contribution in [0.3, 0.4) is 0 Å². The van der Waals surface area contributed by atoms with E-state index in [4.69, 9.17) is 10.2 Å². The van der Waals surface area contributed by atoms with Gasteiger partial charge in [-0.1, -0.05) is 17.1 Å². The van der Waals surface area contributed by atoms with Crippen molar-refractivity contribution in [2.75, 3.05) is 29.7 Å². The van der Waals surface area contributed by atoms with Gasteiger partial charge in [0.15, 0.2) is 0 Å². The van der Waals surface area contributed by atoms with Gasteiger partial charge in [-0.3, -0.25) is 0 Å². The number of hydrogen-bond acceptors (Lipinski definition) is 6. The number of nitrogens with two attached hydrogens (primary N) is 1. The van der Waals surface area contributed by atoms with Crippen LogP contribution in [0.4, 0.5) is 12.0 Å². The lowest BCUT2D eigenvalue weighted by Crippen LogP contribution is -2.33. The summed E-state index contributed by atoms with van der Waals surface area (Å²) in [4.78, 5) is 1.97. The Morgan fingerprint density at radius 1 is 1.57 bits per heavy atom. The van der Waals surface area contributed by atoms with E-state index in [0.717, 1.165) is 12.2 Å². The van der Waals surface area contributed by atoms with Gasteiger partial charge in [-0.15, -0.1) is 0 Å². The third-order valence-corrected chi connectivity index (χ3v) is 2.83. The van der Waals surface area contributed by atoms with E-state index in [9.17, 15) is 0 Å². The van der Waals surface area contributed by atoms with Crippen molar-refractivity contribution in [3.8, 4) is 0 Å². The fraction of sp³-hybridized carbons (Fsp3) is 0.750. The number of aromatic nitrogens is 2. The number of thioether (sulfide) groups is 1. The first-order valence-corrected chi connectivity index (χ1v) is 5.89. The van der Waals surface area contributed by atoms with E-state index >= 15 is 0 Å². The third kappa shape index (κ3) is 2.54. The Labute approximate surface area is 88.0 Å². The van der Waals surface area contributed by atoms with Gasteiger partial charge in [-0.2, -0.15) is 11.8 Å². The van der Waals surface area contributed by atoms with Crippen LogP contribution in [-0.2, 0) is 0 Å². The van der Waals surface area contributed by atoms with Crippen molar-refractivity contribution in [2.24, 2.45) is 0 Å². The molecule has 0 radical (unpaired) electrons. The molecule has 1 aromatic rings. The predicted molar refractivity (Wildman–Crippen MR) is 59.6 cm³/mol. The maximum absolute atomic E-state index is 5.36. The number of nitrogens with zero attached hydrogens (tertiary/aromatic N) is 3. The van der Waals surface area contributed by atoms with E-state index in [1.807, 2.05) is 11.9 Å². The fourth-order valence-corrected chi connectivity index (χ4v) is 2.07. The van der Waals surface area contributed by atoms with E-state index in [1.165, 1.54) is 0 Å². The zero-order valence-corrected chi connectivity index (χ0v) is 9.54. The summed E-state index contributed by atoms with van der Waals surface area (Å²) in [5, 5.41) is 7.47. The second kappa shape index (κ2) is 5.09. The standard InChI is InChI=1S/C8H16N4OS/c1-4-6(5-14-3)12(2)8-11-10-7(9)13-8/h6H,4-5H2,1-3H3,(H2,9,10).